The zero-order valence-corrected chi connectivity index (χ0v) is 15.4. The van der Waals surface area contributed by atoms with Crippen LogP contribution in [0.25, 0.3) is 0 Å². The van der Waals surface area contributed by atoms with E-state index in [1.807, 2.05) is 30.3 Å². The fourth-order valence-corrected chi connectivity index (χ4v) is 2.61. The molecule has 0 amide bonds. The van der Waals surface area contributed by atoms with Gasteiger partial charge in [0.1, 0.15) is 13.2 Å². The number of nitriles is 1. The van der Waals surface area contributed by atoms with Gasteiger partial charge in [0.05, 0.1) is 24.3 Å². The number of rotatable bonds is 7. The lowest BCUT2D eigenvalue weighted by Crippen LogP contribution is -2.06. The van der Waals surface area contributed by atoms with Gasteiger partial charge in [-0.2, -0.15) is 5.26 Å². The number of carbonyl (C=O) groups excluding carboxylic acids is 1. The van der Waals surface area contributed by atoms with Gasteiger partial charge in [0.2, 0.25) is 0 Å². The van der Waals surface area contributed by atoms with Crippen molar-refractivity contribution in [2.45, 2.75) is 13.2 Å². The molecule has 3 aromatic rings. The van der Waals surface area contributed by atoms with E-state index < -0.39 is 5.97 Å². The first kappa shape index (κ1) is 19.0. The van der Waals surface area contributed by atoms with Crippen LogP contribution in [0.3, 0.4) is 0 Å². The van der Waals surface area contributed by atoms with Crippen molar-refractivity contribution in [1.82, 2.24) is 0 Å². The third-order valence-electron chi connectivity index (χ3n) is 4.06. The minimum atomic E-state index is -0.477. The summed E-state index contributed by atoms with van der Waals surface area (Å²) in [6, 6.07) is 23.7. The predicted octanol–water partition coefficient (Wildman–Crippen LogP) is 4.50. The molecule has 3 rings (SSSR count). The molecule has 0 radical (unpaired) electrons. The number of carbonyl (C=O) groups is 1. The lowest BCUT2D eigenvalue weighted by Gasteiger charge is -2.12. The maximum atomic E-state index is 12.3. The van der Waals surface area contributed by atoms with Gasteiger partial charge in [0, 0.05) is 0 Å². The van der Waals surface area contributed by atoms with E-state index in [2.05, 4.69) is 6.07 Å². The molecule has 28 heavy (non-hydrogen) atoms. The van der Waals surface area contributed by atoms with Crippen molar-refractivity contribution < 1.29 is 19.0 Å². The molecule has 0 aliphatic heterocycles. The van der Waals surface area contributed by atoms with E-state index in [0.717, 1.165) is 11.1 Å². The van der Waals surface area contributed by atoms with E-state index in [4.69, 9.17) is 19.5 Å². The van der Waals surface area contributed by atoms with Crippen LogP contribution in [-0.2, 0) is 18.0 Å². The fraction of sp³-hybridized carbons (Fsp3) is 0.130. The molecule has 0 bridgehead atoms. The first-order valence-electron chi connectivity index (χ1n) is 8.70. The van der Waals surface area contributed by atoms with Crippen LogP contribution in [0.1, 0.15) is 27.0 Å². The van der Waals surface area contributed by atoms with Crippen LogP contribution in [0.2, 0.25) is 0 Å². The number of hydrogen-bond donors (Lipinski definition) is 0. The topological polar surface area (TPSA) is 68.5 Å². The Hall–Kier alpha value is -3.78. The Morgan fingerprint density at radius 2 is 1.68 bits per heavy atom. The van der Waals surface area contributed by atoms with E-state index in [1.54, 1.807) is 42.5 Å². The summed E-state index contributed by atoms with van der Waals surface area (Å²) in [7, 11) is 1.52. The largest absolute Gasteiger partial charge is 0.493 e. The normalized spacial score (nSPS) is 10.0. The zero-order chi connectivity index (χ0) is 19.8. The molecule has 0 spiro atoms. The minimum Gasteiger partial charge on any atom is -0.493 e. The van der Waals surface area contributed by atoms with Gasteiger partial charge >= 0.3 is 5.97 Å². The first-order valence-corrected chi connectivity index (χ1v) is 8.70. The van der Waals surface area contributed by atoms with Gasteiger partial charge in [-0.3, -0.25) is 0 Å². The second kappa shape index (κ2) is 9.24. The zero-order valence-electron chi connectivity index (χ0n) is 15.4. The summed E-state index contributed by atoms with van der Waals surface area (Å²) in [6.07, 6.45) is 0. The van der Waals surface area contributed by atoms with Crippen LogP contribution >= 0.6 is 0 Å². The van der Waals surface area contributed by atoms with Crippen molar-refractivity contribution in [2.75, 3.05) is 7.11 Å². The molecule has 0 N–H and O–H groups in total. The van der Waals surface area contributed by atoms with Crippen LogP contribution in [0.4, 0.5) is 0 Å². The lowest BCUT2D eigenvalue weighted by atomic mass is 10.1. The lowest BCUT2D eigenvalue weighted by molar-refractivity contribution is 0.0472. The SMILES string of the molecule is COc1cc(C(=O)OCc2cccc(C#N)c2)ccc1OCc1ccccc1. The van der Waals surface area contributed by atoms with Gasteiger partial charge in [-0.1, -0.05) is 42.5 Å². The molecule has 0 aliphatic rings. The maximum absolute atomic E-state index is 12.3. The molecule has 5 heteroatoms. The first-order chi connectivity index (χ1) is 13.7. The van der Waals surface area contributed by atoms with Crippen LogP contribution < -0.4 is 9.47 Å². The Bertz CT molecular complexity index is 993. The molecule has 0 saturated carbocycles. The van der Waals surface area contributed by atoms with E-state index in [1.165, 1.54) is 7.11 Å². The third-order valence-corrected chi connectivity index (χ3v) is 4.06. The van der Waals surface area contributed by atoms with Crippen LogP contribution in [0.5, 0.6) is 11.5 Å². The summed E-state index contributed by atoms with van der Waals surface area (Å²) in [6.45, 7) is 0.485. The van der Waals surface area contributed by atoms with Gasteiger partial charge in [-0.25, -0.2) is 4.79 Å². The van der Waals surface area contributed by atoms with E-state index >= 15 is 0 Å². The second-order valence-corrected chi connectivity index (χ2v) is 6.03. The van der Waals surface area contributed by atoms with Crippen LogP contribution in [0, 0.1) is 11.3 Å². The molecule has 0 atom stereocenters. The molecule has 0 heterocycles. The van der Waals surface area contributed by atoms with E-state index in [9.17, 15) is 4.79 Å². The average molecular weight is 373 g/mol. The Morgan fingerprint density at radius 1 is 0.893 bits per heavy atom. The molecule has 140 valence electrons. The third kappa shape index (κ3) is 4.89. The Kier molecular flexibility index (Phi) is 6.27. The highest BCUT2D eigenvalue weighted by molar-refractivity contribution is 5.90. The summed E-state index contributed by atoms with van der Waals surface area (Å²) < 4.78 is 16.5. The molecule has 5 nitrogen and oxygen atoms in total. The monoisotopic (exact) mass is 373 g/mol. The van der Waals surface area contributed by atoms with Gasteiger partial charge in [-0.15, -0.1) is 0 Å². The molecule has 3 aromatic carbocycles. The highest BCUT2D eigenvalue weighted by Crippen LogP contribution is 2.29. The highest BCUT2D eigenvalue weighted by atomic mass is 16.5. The molecule has 0 unspecified atom stereocenters. The molecular formula is C23H19NO4. The molecule has 0 aliphatic carbocycles. The fourth-order valence-electron chi connectivity index (χ4n) is 2.61. The van der Waals surface area contributed by atoms with Crippen molar-refractivity contribution in [3.63, 3.8) is 0 Å². The van der Waals surface area contributed by atoms with Crippen molar-refractivity contribution in [3.05, 3.63) is 95.1 Å². The number of hydrogen-bond acceptors (Lipinski definition) is 5. The van der Waals surface area contributed by atoms with Crippen molar-refractivity contribution >= 4 is 5.97 Å². The number of benzene rings is 3. The van der Waals surface area contributed by atoms with Gasteiger partial charge in [-0.05, 0) is 41.5 Å². The molecule has 0 saturated heterocycles. The Labute approximate surface area is 163 Å². The number of esters is 1. The van der Waals surface area contributed by atoms with E-state index in [-0.39, 0.29) is 6.61 Å². The summed E-state index contributed by atoms with van der Waals surface area (Å²) in [5, 5.41) is 8.93. The summed E-state index contributed by atoms with van der Waals surface area (Å²) in [5.41, 5.74) is 2.67. The number of nitrogens with zero attached hydrogens (tertiary/aromatic N) is 1. The van der Waals surface area contributed by atoms with Crippen molar-refractivity contribution in [2.24, 2.45) is 0 Å². The number of methoxy groups -OCH3 is 1. The predicted molar refractivity (Wildman–Crippen MR) is 104 cm³/mol. The maximum Gasteiger partial charge on any atom is 0.338 e. The number of ether oxygens (including phenoxy) is 3. The Balaban J connectivity index is 1.65. The smallest absolute Gasteiger partial charge is 0.338 e. The summed E-state index contributed by atoms with van der Waals surface area (Å²) in [4.78, 5) is 12.3. The van der Waals surface area contributed by atoms with Crippen molar-refractivity contribution in [3.8, 4) is 17.6 Å². The summed E-state index contributed by atoms with van der Waals surface area (Å²) >= 11 is 0. The Morgan fingerprint density at radius 3 is 2.43 bits per heavy atom. The molecule has 0 fully saturated rings. The standard InChI is InChI=1S/C23H19NO4/c1-26-22-13-20(10-11-21(22)27-15-17-6-3-2-4-7-17)23(25)28-16-19-9-5-8-18(12-19)14-24/h2-13H,15-16H2,1H3. The molecular weight excluding hydrogens is 354 g/mol. The average Bonchev–Trinajstić information content (AvgIpc) is 2.76. The highest BCUT2D eigenvalue weighted by Gasteiger charge is 2.13. The van der Waals surface area contributed by atoms with E-state index in [0.29, 0.717) is 29.2 Å². The van der Waals surface area contributed by atoms with Gasteiger partial charge in [0.25, 0.3) is 0 Å². The van der Waals surface area contributed by atoms with Gasteiger partial charge < -0.3 is 14.2 Å². The minimum absolute atomic E-state index is 0.0862. The quantitative estimate of drug-likeness (QED) is 0.570. The van der Waals surface area contributed by atoms with Crippen LogP contribution in [0.15, 0.2) is 72.8 Å². The van der Waals surface area contributed by atoms with Crippen molar-refractivity contribution in [1.29, 1.82) is 5.26 Å². The van der Waals surface area contributed by atoms with Gasteiger partial charge in [0.15, 0.2) is 11.5 Å². The van der Waals surface area contributed by atoms with Crippen LogP contribution in [-0.4, -0.2) is 13.1 Å². The molecule has 0 aromatic heterocycles. The second-order valence-electron chi connectivity index (χ2n) is 6.03. The summed E-state index contributed by atoms with van der Waals surface area (Å²) in [5.74, 6) is 0.525.